The number of Topliss-reactive ketones (excluding diaryl/α,β-unsaturated/α-hetero) is 1. The van der Waals surface area contributed by atoms with Crippen molar-refractivity contribution >= 4 is 23.1 Å². The monoisotopic (exact) mass is 440 g/mol. The quantitative estimate of drug-likeness (QED) is 0.357. The maximum atomic E-state index is 13.0. The molecule has 162 valence electrons. The second-order valence-corrected chi connectivity index (χ2v) is 7.04. The fourth-order valence-corrected chi connectivity index (χ4v) is 3.55. The molecule has 1 aliphatic rings. The number of nitrogens with zero attached hydrogens (tertiary/aromatic N) is 2. The first-order valence-corrected chi connectivity index (χ1v) is 9.36. The number of amides is 1. The van der Waals surface area contributed by atoms with E-state index < -0.39 is 35.2 Å². The van der Waals surface area contributed by atoms with Crippen LogP contribution in [0.25, 0.3) is 5.76 Å². The van der Waals surface area contributed by atoms with Gasteiger partial charge in [0.05, 0.1) is 17.2 Å². The van der Waals surface area contributed by atoms with Gasteiger partial charge in [0, 0.05) is 23.6 Å². The van der Waals surface area contributed by atoms with Gasteiger partial charge in [-0.1, -0.05) is 12.1 Å². The molecule has 32 heavy (non-hydrogen) atoms. The number of hydrogen-bond donors (Lipinski definition) is 2. The van der Waals surface area contributed by atoms with Gasteiger partial charge in [0.2, 0.25) is 0 Å². The van der Waals surface area contributed by atoms with Crippen LogP contribution in [0.3, 0.4) is 0 Å². The van der Waals surface area contributed by atoms with Crippen molar-refractivity contribution in [2.45, 2.75) is 12.2 Å². The zero-order valence-corrected chi connectivity index (χ0v) is 16.2. The van der Waals surface area contributed by atoms with E-state index in [-0.39, 0.29) is 22.6 Å². The van der Waals surface area contributed by atoms with Crippen LogP contribution >= 0.6 is 0 Å². The first kappa shape index (κ1) is 21.1. The normalized spacial score (nSPS) is 18.2. The molecule has 1 saturated heterocycles. The molecule has 0 spiro atoms. The number of pyridine rings is 1. The summed E-state index contributed by atoms with van der Waals surface area (Å²) in [5.41, 5.74) is -0.471. The molecule has 1 atom stereocenters. The van der Waals surface area contributed by atoms with Crippen molar-refractivity contribution in [3.63, 3.8) is 0 Å². The molecule has 1 aromatic heterocycles. The van der Waals surface area contributed by atoms with Crippen molar-refractivity contribution in [2.24, 2.45) is 0 Å². The SMILES string of the molecule is O=C1C(=O)N(c2ccc(C(F)(F)F)cc2)C(c2ccc(O)cc2)/C1=C(\O)c1ccncc1. The fourth-order valence-electron chi connectivity index (χ4n) is 3.55. The number of aromatic nitrogens is 1. The molecule has 0 saturated carbocycles. The summed E-state index contributed by atoms with van der Waals surface area (Å²) < 4.78 is 38.9. The summed E-state index contributed by atoms with van der Waals surface area (Å²) in [5, 5.41) is 20.5. The topological polar surface area (TPSA) is 90.7 Å². The number of benzene rings is 2. The number of anilines is 1. The van der Waals surface area contributed by atoms with Crippen molar-refractivity contribution < 1.29 is 33.0 Å². The summed E-state index contributed by atoms with van der Waals surface area (Å²) >= 11 is 0. The van der Waals surface area contributed by atoms with Crippen molar-refractivity contribution in [2.75, 3.05) is 4.90 Å². The first-order valence-electron chi connectivity index (χ1n) is 9.36. The summed E-state index contributed by atoms with van der Waals surface area (Å²) in [6.45, 7) is 0. The van der Waals surface area contributed by atoms with Gasteiger partial charge >= 0.3 is 6.18 Å². The van der Waals surface area contributed by atoms with Crippen LogP contribution < -0.4 is 4.90 Å². The molecular weight excluding hydrogens is 425 g/mol. The smallest absolute Gasteiger partial charge is 0.416 e. The van der Waals surface area contributed by atoms with E-state index in [4.69, 9.17) is 0 Å². The largest absolute Gasteiger partial charge is 0.508 e. The van der Waals surface area contributed by atoms with Crippen LogP contribution in [-0.4, -0.2) is 26.9 Å². The number of carbonyl (C=O) groups excluding carboxylic acids is 2. The molecule has 1 fully saturated rings. The first-order chi connectivity index (χ1) is 15.2. The maximum Gasteiger partial charge on any atom is 0.416 e. The van der Waals surface area contributed by atoms with Gasteiger partial charge in [-0.3, -0.25) is 19.5 Å². The molecule has 9 heteroatoms. The van der Waals surface area contributed by atoms with E-state index in [1.807, 2.05) is 0 Å². The Hall–Kier alpha value is -4.14. The van der Waals surface area contributed by atoms with E-state index in [2.05, 4.69) is 4.98 Å². The second-order valence-electron chi connectivity index (χ2n) is 7.04. The Balaban J connectivity index is 1.90. The van der Waals surface area contributed by atoms with Gasteiger partial charge in [-0.05, 0) is 54.1 Å². The van der Waals surface area contributed by atoms with E-state index in [1.165, 1.54) is 48.8 Å². The van der Waals surface area contributed by atoms with Crippen LogP contribution in [0.4, 0.5) is 18.9 Å². The van der Waals surface area contributed by atoms with E-state index in [9.17, 15) is 33.0 Å². The molecule has 0 radical (unpaired) electrons. The van der Waals surface area contributed by atoms with Crippen LogP contribution in [0, 0.1) is 0 Å². The molecule has 3 aromatic rings. The van der Waals surface area contributed by atoms with Gasteiger partial charge in [0.1, 0.15) is 11.5 Å². The predicted octanol–water partition coefficient (Wildman–Crippen LogP) is 4.43. The zero-order chi connectivity index (χ0) is 23.0. The number of halogens is 3. The van der Waals surface area contributed by atoms with Crippen LogP contribution in [0.1, 0.15) is 22.7 Å². The Morgan fingerprint density at radius 3 is 2.06 bits per heavy atom. The highest BCUT2D eigenvalue weighted by atomic mass is 19.4. The van der Waals surface area contributed by atoms with Crippen molar-refractivity contribution in [1.29, 1.82) is 0 Å². The number of aliphatic hydroxyl groups is 1. The molecular formula is C23H15F3N2O4. The van der Waals surface area contributed by atoms with Gasteiger partial charge in [0.15, 0.2) is 0 Å². The zero-order valence-electron chi connectivity index (χ0n) is 16.2. The summed E-state index contributed by atoms with van der Waals surface area (Å²) in [6.07, 6.45) is -1.77. The number of aliphatic hydroxyl groups excluding tert-OH is 1. The lowest BCUT2D eigenvalue weighted by molar-refractivity contribution is -0.137. The molecule has 2 heterocycles. The lowest BCUT2D eigenvalue weighted by Crippen LogP contribution is -2.29. The Kier molecular flexibility index (Phi) is 5.17. The van der Waals surface area contributed by atoms with Crippen LogP contribution in [-0.2, 0) is 15.8 Å². The molecule has 0 bridgehead atoms. The molecule has 1 amide bonds. The number of ketones is 1. The van der Waals surface area contributed by atoms with Gasteiger partial charge in [-0.25, -0.2) is 0 Å². The highest BCUT2D eigenvalue weighted by Gasteiger charge is 2.47. The van der Waals surface area contributed by atoms with Crippen LogP contribution in [0.15, 0.2) is 78.6 Å². The Morgan fingerprint density at radius 2 is 1.50 bits per heavy atom. The minimum absolute atomic E-state index is 0.0481. The van der Waals surface area contributed by atoms with E-state index in [1.54, 1.807) is 0 Å². The molecule has 1 unspecified atom stereocenters. The number of phenols is 1. The Morgan fingerprint density at radius 1 is 0.906 bits per heavy atom. The van der Waals surface area contributed by atoms with Crippen molar-refractivity contribution in [3.05, 3.63) is 95.3 Å². The van der Waals surface area contributed by atoms with Crippen molar-refractivity contribution in [1.82, 2.24) is 4.98 Å². The highest BCUT2D eigenvalue weighted by Crippen LogP contribution is 2.43. The summed E-state index contributed by atoms with van der Waals surface area (Å²) in [5.74, 6) is -2.50. The van der Waals surface area contributed by atoms with E-state index >= 15 is 0 Å². The number of carbonyl (C=O) groups is 2. The van der Waals surface area contributed by atoms with Crippen LogP contribution in [0.2, 0.25) is 0 Å². The van der Waals surface area contributed by atoms with Gasteiger partial charge in [0.25, 0.3) is 11.7 Å². The average molecular weight is 440 g/mol. The van der Waals surface area contributed by atoms with Gasteiger partial charge in [-0.2, -0.15) is 13.2 Å². The number of rotatable bonds is 3. The summed E-state index contributed by atoms with van der Waals surface area (Å²) in [6, 6.07) is 11.2. The predicted molar refractivity (Wildman–Crippen MR) is 109 cm³/mol. The van der Waals surface area contributed by atoms with Crippen molar-refractivity contribution in [3.8, 4) is 5.75 Å². The third kappa shape index (κ3) is 3.68. The lowest BCUT2D eigenvalue weighted by atomic mass is 9.95. The second kappa shape index (κ2) is 7.84. The number of aromatic hydroxyl groups is 1. The van der Waals surface area contributed by atoms with Gasteiger partial charge < -0.3 is 10.2 Å². The molecule has 0 aliphatic carbocycles. The molecule has 2 N–H and O–H groups in total. The third-order valence-corrected chi connectivity index (χ3v) is 5.08. The summed E-state index contributed by atoms with van der Waals surface area (Å²) in [7, 11) is 0. The number of hydrogen-bond acceptors (Lipinski definition) is 5. The molecule has 1 aliphatic heterocycles. The molecule has 4 rings (SSSR count). The maximum absolute atomic E-state index is 13.0. The number of phenolic OH excluding ortho intramolecular Hbond substituents is 1. The minimum atomic E-state index is -4.57. The Labute approximate surface area is 179 Å². The minimum Gasteiger partial charge on any atom is -0.508 e. The lowest BCUT2D eigenvalue weighted by Gasteiger charge is -2.25. The third-order valence-electron chi connectivity index (χ3n) is 5.08. The molecule has 2 aromatic carbocycles. The highest BCUT2D eigenvalue weighted by molar-refractivity contribution is 6.51. The van der Waals surface area contributed by atoms with Crippen LogP contribution in [0.5, 0.6) is 5.75 Å². The average Bonchev–Trinajstić information content (AvgIpc) is 3.04. The van der Waals surface area contributed by atoms with E-state index in [0.717, 1.165) is 29.2 Å². The molecule has 6 nitrogen and oxygen atoms in total. The van der Waals surface area contributed by atoms with Gasteiger partial charge in [-0.15, -0.1) is 0 Å². The van der Waals surface area contributed by atoms with E-state index in [0.29, 0.717) is 5.56 Å². The summed E-state index contributed by atoms with van der Waals surface area (Å²) in [4.78, 5) is 30.7. The Bertz CT molecular complexity index is 1200. The standard InChI is InChI=1S/C23H15F3N2O4/c24-23(25,26)15-3-5-16(6-4-15)28-19(13-1-7-17(29)8-2-13)18(21(31)22(28)32)20(30)14-9-11-27-12-10-14/h1-12,19,29-30H/b20-18+. The number of alkyl halides is 3. The fraction of sp³-hybridized carbons (Fsp3) is 0.0870.